The lowest BCUT2D eigenvalue weighted by molar-refractivity contribution is 0.196. The summed E-state index contributed by atoms with van der Waals surface area (Å²) < 4.78 is 5.99. The highest BCUT2D eigenvalue weighted by Crippen LogP contribution is 2.28. The minimum absolute atomic E-state index is 0.231. The van der Waals surface area contributed by atoms with Crippen LogP contribution >= 0.6 is 0 Å². The third-order valence-corrected chi connectivity index (χ3v) is 4.10. The number of hydrogen-bond donors (Lipinski definition) is 1. The zero-order chi connectivity index (χ0) is 15.2. The molecule has 0 aliphatic rings. The fraction of sp³-hybridized carbons (Fsp3) is 0.667. The topological polar surface area (TPSA) is 21.3 Å². The van der Waals surface area contributed by atoms with Gasteiger partial charge in [-0.15, -0.1) is 0 Å². The minimum atomic E-state index is 0.231. The van der Waals surface area contributed by atoms with Crippen molar-refractivity contribution < 1.29 is 4.74 Å². The first-order valence-electron chi connectivity index (χ1n) is 7.89. The van der Waals surface area contributed by atoms with E-state index in [1.807, 2.05) is 0 Å². The van der Waals surface area contributed by atoms with Crippen molar-refractivity contribution in [3.8, 4) is 5.75 Å². The fourth-order valence-corrected chi connectivity index (χ4v) is 2.40. The molecule has 0 saturated heterocycles. The van der Waals surface area contributed by atoms with Gasteiger partial charge in [-0.2, -0.15) is 0 Å². The molecule has 0 radical (unpaired) electrons. The maximum absolute atomic E-state index is 5.99. The van der Waals surface area contributed by atoms with Crippen molar-refractivity contribution in [1.82, 2.24) is 5.32 Å². The molecule has 2 heteroatoms. The van der Waals surface area contributed by atoms with Crippen LogP contribution in [0.3, 0.4) is 0 Å². The number of benzene rings is 1. The molecule has 0 saturated carbocycles. The van der Waals surface area contributed by atoms with Crippen LogP contribution in [0.25, 0.3) is 0 Å². The van der Waals surface area contributed by atoms with E-state index in [2.05, 4.69) is 71.1 Å². The summed E-state index contributed by atoms with van der Waals surface area (Å²) in [6.07, 6.45) is 2.40. The molecule has 1 aromatic carbocycles. The maximum Gasteiger partial charge on any atom is 0.119 e. The average Bonchev–Trinajstić information content (AvgIpc) is 2.39. The first-order chi connectivity index (χ1) is 9.39. The van der Waals surface area contributed by atoms with Crippen molar-refractivity contribution in [1.29, 1.82) is 0 Å². The van der Waals surface area contributed by atoms with Crippen molar-refractivity contribution in [3.63, 3.8) is 0 Å². The summed E-state index contributed by atoms with van der Waals surface area (Å²) in [6.45, 7) is 14.3. The van der Waals surface area contributed by atoms with E-state index in [1.54, 1.807) is 0 Å². The third-order valence-electron chi connectivity index (χ3n) is 4.10. The van der Waals surface area contributed by atoms with E-state index in [4.69, 9.17) is 4.74 Å². The second-order valence-corrected chi connectivity index (χ2v) is 6.38. The Kier molecular flexibility index (Phi) is 6.54. The van der Waals surface area contributed by atoms with Gasteiger partial charge in [-0.05, 0) is 56.3 Å². The molecule has 0 fully saturated rings. The largest absolute Gasteiger partial charge is 0.491 e. The summed E-state index contributed by atoms with van der Waals surface area (Å²) >= 11 is 0. The molecule has 2 unspecified atom stereocenters. The van der Waals surface area contributed by atoms with Crippen molar-refractivity contribution in [3.05, 3.63) is 29.8 Å². The van der Waals surface area contributed by atoms with Crippen LogP contribution in [0.4, 0.5) is 0 Å². The maximum atomic E-state index is 5.99. The van der Waals surface area contributed by atoms with Gasteiger partial charge in [0.15, 0.2) is 0 Å². The van der Waals surface area contributed by atoms with Gasteiger partial charge >= 0.3 is 0 Å². The molecule has 0 heterocycles. The molecule has 1 rings (SSSR count). The molecule has 0 amide bonds. The van der Waals surface area contributed by atoms with Crippen LogP contribution in [-0.4, -0.2) is 18.7 Å². The van der Waals surface area contributed by atoms with E-state index in [0.29, 0.717) is 6.04 Å². The molecule has 0 bridgehead atoms. The SMILES string of the molecule is CCNC(C)CC(C)Oc1ccc(C(C)(C)CC)cc1. The van der Waals surface area contributed by atoms with E-state index in [9.17, 15) is 0 Å². The van der Waals surface area contributed by atoms with Crippen LogP contribution in [-0.2, 0) is 5.41 Å². The quantitative estimate of drug-likeness (QED) is 0.754. The lowest BCUT2D eigenvalue weighted by Gasteiger charge is -2.24. The molecule has 20 heavy (non-hydrogen) atoms. The predicted molar refractivity (Wildman–Crippen MR) is 87.6 cm³/mol. The molecule has 0 aliphatic heterocycles. The summed E-state index contributed by atoms with van der Waals surface area (Å²) in [4.78, 5) is 0. The lowest BCUT2D eigenvalue weighted by atomic mass is 9.82. The highest BCUT2D eigenvalue weighted by Gasteiger charge is 2.17. The van der Waals surface area contributed by atoms with Gasteiger partial charge in [0.1, 0.15) is 5.75 Å². The molecular weight excluding hydrogens is 246 g/mol. The minimum Gasteiger partial charge on any atom is -0.491 e. The van der Waals surface area contributed by atoms with Crippen LogP contribution in [0, 0.1) is 0 Å². The molecule has 2 atom stereocenters. The lowest BCUT2D eigenvalue weighted by Crippen LogP contribution is -2.30. The summed E-state index contributed by atoms with van der Waals surface area (Å²) in [7, 11) is 0. The zero-order valence-electron chi connectivity index (χ0n) is 14.0. The zero-order valence-corrected chi connectivity index (χ0v) is 14.0. The Morgan fingerprint density at radius 2 is 1.70 bits per heavy atom. The second-order valence-electron chi connectivity index (χ2n) is 6.38. The molecule has 114 valence electrons. The van der Waals surface area contributed by atoms with Gasteiger partial charge in [-0.1, -0.05) is 39.8 Å². The van der Waals surface area contributed by atoms with Gasteiger partial charge in [0.2, 0.25) is 0 Å². The summed E-state index contributed by atoms with van der Waals surface area (Å²) in [5.74, 6) is 0.969. The van der Waals surface area contributed by atoms with Gasteiger partial charge in [0, 0.05) is 6.04 Å². The summed E-state index contributed by atoms with van der Waals surface area (Å²) in [5.41, 5.74) is 1.62. The summed E-state index contributed by atoms with van der Waals surface area (Å²) in [5, 5.41) is 3.42. The highest BCUT2D eigenvalue weighted by molar-refractivity contribution is 5.31. The molecule has 1 N–H and O–H groups in total. The van der Waals surface area contributed by atoms with Gasteiger partial charge in [-0.25, -0.2) is 0 Å². The van der Waals surface area contributed by atoms with Crippen LogP contribution in [0.2, 0.25) is 0 Å². The molecule has 0 aliphatic carbocycles. The van der Waals surface area contributed by atoms with Crippen molar-refractivity contribution in [2.75, 3.05) is 6.54 Å². The molecule has 0 aromatic heterocycles. The Labute approximate surface area is 124 Å². The van der Waals surface area contributed by atoms with E-state index < -0.39 is 0 Å². The summed E-state index contributed by atoms with van der Waals surface area (Å²) in [6, 6.07) is 9.08. The monoisotopic (exact) mass is 277 g/mol. The molecule has 0 spiro atoms. The normalized spacial score (nSPS) is 14.9. The number of hydrogen-bond acceptors (Lipinski definition) is 2. The average molecular weight is 277 g/mol. The van der Waals surface area contributed by atoms with Crippen LogP contribution in [0.1, 0.15) is 59.9 Å². The van der Waals surface area contributed by atoms with Crippen molar-refractivity contribution in [2.45, 2.75) is 71.9 Å². The second kappa shape index (κ2) is 7.68. The molecule has 2 nitrogen and oxygen atoms in total. The van der Waals surface area contributed by atoms with Gasteiger partial charge in [0.05, 0.1) is 6.10 Å². The fourth-order valence-electron chi connectivity index (χ4n) is 2.40. The highest BCUT2D eigenvalue weighted by atomic mass is 16.5. The van der Waals surface area contributed by atoms with Crippen LogP contribution in [0.15, 0.2) is 24.3 Å². The van der Waals surface area contributed by atoms with Gasteiger partial charge in [0.25, 0.3) is 0 Å². The first-order valence-corrected chi connectivity index (χ1v) is 7.89. The van der Waals surface area contributed by atoms with E-state index >= 15 is 0 Å². The van der Waals surface area contributed by atoms with Crippen LogP contribution < -0.4 is 10.1 Å². The van der Waals surface area contributed by atoms with E-state index in [0.717, 1.165) is 25.1 Å². The molecular formula is C18H31NO. The van der Waals surface area contributed by atoms with Crippen molar-refractivity contribution in [2.24, 2.45) is 0 Å². The molecule has 1 aromatic rings. The standard InChI is InChI=1S/C18H31NO/c1-7-18(5,6)16-9-11-17(12-10-16)20-15(4)13-14(3)19-8-2/h9-12,14-15,19H,7-8,13H2,1-6H3. The Hall–Kier alpha value is -1.02. The van der Waals surface area contributed by atoms with Gasteiger partial charge in [-0.3, -0.25) is 0 Å². The smallest absolute Gasteiger partial charge is 0.119 e. The number of ether oxygens (including phenoxy) is 1. The Morgan fingerprint density at radius 3 is 2.20 bits per heavy atom. The van der Waals surface area contributed by atoms with Gasteiger partial charge < -0.3 is 10.1 Å². The number of rotatable bonds is 8. The Bertz CT molecular complexity index is 383. The Morgan fingerprint density at radius 1 is 1.10 bits per heavy atom. The van der Waals surface area contributed by atoms with Crippen LogP contribution in [0.5, 0.6) is 5.75 Å². The first kappa shape index (κ1) is 17.0. The van der Waals surface area contributed by atoms with E-state index in [1.165, 1.54) is 5.56 Å². The van der Waals surface area contributed by atoms with E-state index in [-0.39, 0.29) is 11.5 Å². The van der Waals surface area contributed by atoms with Crippen molar-refractivity contribution >= 4 is 0 Å². The number of nitrogens with one attached hydrogen (secondary N) is 1. The third kappa shape index (κ3) is 5.16. The predicted octanol–water partition coefficient (Wildman–Crippen LogP) is 4.53. The Balaban J connectivity index is 2.57.